The lowest BCUT2D eigenvalue weighted by atomic mass is 9.71. The van der Waals surface area contributed by atoms with E-state index in [1.54, 1.807) is 0 Å². The first-order valence-electron chi connectivity index (χ1n) is 27.1. The number of Topliss-reactive ketones (excluding diaryl/α,β-unsaturated/α-hetero) is 3. The second-order valence-electron chi connectivity index (χ2n) is 19.2. The first-order chi connectivity index (χ1) is 31.0. The van der Waals surface area contributed by atoms with Crippen molar-refractivity contribution >= 4 is 40.2 Å². The normalized spacial score (nSPS) is 13.2. The highest BCUT2D eigenvalue weighted by molar-refractivity contribution is 8.16. The van der Waals surface area contributed by atoms with Crippen LogP contribution in [0.1, 0.15) is 290 Å². The standard InChI is InChI=1S/C54H101NO8S/c1-4-7-10-13-16-19-22-25-28-31-34-37-40-43-48(58)53(55,52(62)63)54(64-51(61)47(57)46-56,49(59)44-41-38-35-32-29-26-23-20-17-14-11-8-5-2)50(60)45-42-39-36-33-30-27-24-21-18-15-12-9-6-3/h47,56-57H,4-46,55H2,1-3H3,(H,62,63)/t47?,53-/m1/s1. The summed E-state index contributed by atoms with van der Waals surface area (Å²) in [6.45, 7) is 5.69. The second kappa shape index (κ2) is 42.7. The highest BCUT2D eigenvalue weighted by Crippen LogP contribution is 2.43. The molecule has 0 amide bonds. The summed E-state index contributed by atoms with van der Waals surface area (Å²) in [6, 6.07) is 0. The number of nitrogens with two attached hydrogens (primary N) is 1. The van der Waals surface area contributed by atoms with Gasteiger partial charge in [0, 0.05) is 19.3 Å². The van der Waals surface area contributed by atoms with Crippen LogP contribution in [-0.2, 0) is 24.0 Å². The predicted molar refractivity (Wildman–Crippen MR) is 269 cm³/mol. The number of carbonyl (C=O) groups is 5. The van der Waals surface area contributed by atoms with Gasteiger partial charge in [-0.25, -0.2) is 4.79 Å². The van der Waals surface area contributed by atoms with E-state index in [-0.39, 0.29) is 31.0 Å². The van der Waals surface area contributed by atoms with Gasteiger partial charge in [-0.05, 0) is 19.3 Å². The fourth-order valence-electron chi connectivity index (χ4n) is 9.01. The smallest absolute Gasteiger partial charge is 0.333 e. The zero-order chi connectivity index (χ0) is 47.6. The minimum absolute atomic E-state index is 0.0629. The van der Waals surface area contributed by atoms with E-state index in [2.05, 4.69) is 20.8 Å². The van der Waals surface area contributed by atoms with Crippen LogP contribution in [0, 0.1) is 0 Å². The number of thioether (sulfide) groups is 1. The molecule has 0 aromatic rings. The van der Waals surface area contributed by atoms with Gasteiger partial charge < -0.3 is 21.1 Å². The summed E-state index contributed by atoms with van der Waals surface area (Å²) in [5.41, 5.74) is 3.66. The van der Waals surface area contributed by atoms with Crippen LogP contribution >= 0.6 is 11.8 Å². The molecular weight excluding hydrogens is 823 g/mol. The number of carbonyl (C=O) groups excluding carboxylic acids is 4. The van der Waals surface area contributed by atoms with Crippen molar-refractivity contribution in [3.8, 4) is 0 Å². The Kier molecular flexibility index (Phi) is 41.6. The zero-order valence-electron chi connectivity index (χ0n) is 41.9. The van der Waals surface area contributed by atoms with Crippen LogP contribution in [0.15, 0.2) is 0 Å². The largest absolute Gasteiger partial charge is 0.479 e. The molecule has 10 heteroatoms. The molecule has 0 spiro atoms. The van der Waals surface area contributed by atoms with Crippen LogP contribution in [0.4, 0.5) is 0 Å². The molecule has 0 aliphatic heterocycles. The van der Waals surface area contributed by atoms with Crippen molar-refractivity contribution in [2.75, 3.05) is 6.61 Å². The maximum Gasteiger partial charge on any atom is 0.333 e. The van der Waals surface area contributed by atoms with E-state index in [0.717, 1.165) is 77.0 Å². The van der Waals surface area contributed by atoms with Gasteiger partial charge in [0.1, 0.15) is 6.10 Å². The summed E-state index contributed by atoms with van der Waals surface area (Å²) in [4.78, 5) is 70.2. The SMILES string of the molecule is CCCCCCCCCCCCCCCC(=O)C(SC(=O)C(O)CO)(C(=O)CCCCCCCCCCCCCCC)[C@](N)(C(=O)O)C(=O)CCCCCCCCCCCCCCC. The summed E-state index contributed by atoms with van der Waals surface area (Å²) in [5.74, 6) is -4.51. The Morgan fingerprint density at radius 1 is 0.406 bits per heavy atom. The molecule has 0 aliphatic rings. The summed E-state index contributed by atoms with van der Waals surface area (Å²) in [5, 5.41) is 29.8. The van der Waals surface area contributed by atoms with Gasteiger partial charge in [-0.15, -0.1) is 0 Å². The quantitative estimate of drug-likeness (QED) is 0.0340. The molecule has 0 bridgehead atoms. The van der Waals surface area contributed by atoms with E-state index >= 15 is 0 Å². The van der Waals surface area contributed by atoms with Crippen molar-refractivity contribution in [1.82, 2.24) is 0 Å². The van der Waals surface area contributed by atoms with Gasteiger partial charge in [0.2, 0.25) is 10.7 Å². The summed E-state index contributed by atoms with van der Waals surface area (Å²) >= 11 is 0.0629. The van der Waals surface area contributed by atoms with Crippen LogP contribution in [0.2, 0.25) is 0 Å². The van der Waals surface area contributed by atoms with Crippen LogP contribution in [0.5, 0.6) is 0 Å². The number of hydrogen-bond donors (Lipinski definition) is 4. The van der Waals surface area contributed by atoms with Crippen molar-refractivity contribution in [2.24, 2.45) is 5.73 Å². The maximum atomic E-state index is 14.6. The third-order valence-electron chi connectivity index (χ3n) is 13.3. The second-order valence-corrected chi connectivity index (χ2v) is 20.4. The molecule has 376 valence electrons. The molecule has 0 saturated heterocycles. The molecule has 64 heavy (non-hydrogen) atoms. The van der Waals surface area contributed by atoms with Gasteiger partial charge in [-0.2, -0.15) is 0 Å². The third kappa shape index (κ3) is 27.9. The van der Waals surface area contributed by atoms with Gasteiger partial charge in [-0.1, -0.05) is 264 Å². The molecular formula is C54H101NO8S. The highest BCUT2D eigenvalue weighted by Gasteiger charge is 2.67. The third-order valence-corrected chi connectivity index (χ3v) is 14.9. The predicted octanol–water partition coefficient (Wildman–Crippen LogP) is 14.3. The van der Waals surface area contributed by atoms with E-state index in [4.69, 9.17) is 5.73 Å². The molecule has 0 saturated carbocycles. The van der Waals surface area contributed by atoms with Crippen LogP contribution in [0.25, 0.3) is 0 Å². The Bertz CT molecular complexity index is 1140. The molecule has 1 unspecified atom stereocenters. The number of aliphatic carboxylic acids is 1. The molecule has 0 aliphatic carbocycles. The van der Waals surface area contributed by atoms with Gasteiger partial charge in [-0.3, -0.25) is 19.2 Å². The fraction of sp³-hybridized carbons (Fsp3) is 0.907. The first-order valence-corrected chi connectivity index (χ1v) is 28.0. The number of carboxylic acid groups (broad SMARTS) is 1. The van der Waals surface area contributed by atoms with Gasteiger partial charge >= 0.3 is 5.97 Å². The number of aliphatic hydroxyl groups is 2. The van der Waals surface area contributed by atoms with Crippen LogP contribution in [-0.4, -0.2) is 66.8 Å². The lowest BCUT2D eigenvalue weighted by Gasteiger charge is -2.41. The highest BCUT2D eigenvalue weighted by atomic mass is 32.2. The Balaban J connectivity index is 5.80. The van der Waals surface area contributed by atoms with E-state index in [1.807, 2.05) is 0 Å². The fourth-order valence-corrected chi connectivity index (χ4v) is 10.3. The number of unbranched alkanes of at least 4 members (excludes halogenated alkanes) is 36. The first kappa shape index (κ1) is 62.4. The van der Waals surface area contributed by atoms with Gasteiger partial charge in [0.05, 0.1) is 6.61 Å². The minimum atomic E-state index is -3.03. The Morgan fingerprint density at radius 3 is 0.844 bits per heavy atom. The van der Waals surface area contributed by atoms with E-state index < -0.39 is 51.4 Å². The molecule has 0 rings (SSSR count). The van der Waals surface area contributed by atoms with Crippen LogP contribution < -0.4 is 5.73 Å². The van der Waals surface area contributed by atoms with Crippen molar-refractivity contribution in [3.05, 3.63) is 0 Å². The van der Waals surface area contributed by atoms with Crippen molar-refractivity contribution in [1.29, 1.82) is 0 Å². The summed E-state index contributed by atoms with van der Waals surface area (Å²) < 4.78 is -2.77. The average Bonchev–Trinajstić information content (AvgIpc) is 3.29. The molecule has 0 aromatic carbocycles. The van der Waals surface area contributed by atoms with E-state index in [9.17, 15) is 39.3 Å². The minimum Gasteiger partial charge on any atom is -0.479 e. The Hall–Kier alpha value is -1.62. The number of rotatable bonds is 50. The lowest BCUT2D eigenvalue weighted by Crippen LogP contribution is -2.75. The molecule has 9 nitrogen and oxygen atoms in total. The van der Waals surface area contributed by atoms with Gasteiger partial charge in [0.25, 0.3) is 0 Å². The maximum absolute atomic E-state index is 14.6. The zero-order valence-corrected chi connectivity index (χ0v) is 42.7. The molecule has 0 heterocycles. The van der Waals surface area contributed by atoms with Crippen molar-refractivity contribution in [3.63, 3.8) is 0 Å². The number of aliphatic hydroxyl groups excluding tert-OH is 2. The topological polar surface area (TPSA) is 172 Å². The molecule has 0 fully saturated rings. The van der Waals surface area contributed by atoms with Crippen molar-refractivity contribution < 1.29 is 39.3 Å². The molecule has 2 atom stereocenters. The average molecular weight is 924 g/mol. The molecule has 0 aromatic heterocycles. The van der Waals surface area contributed by atoms with Crippen molar-refractivity contribution in [2.45, 2.75) is 307 Å². The van der Waals surface area contributed by atoms with E-state index in [1.165, 1.54) is 135 Å². The Morgan fingerprint density at radius 2 is 0.625 bits per heavy atom. The van der Waals surface area contributed by atoms with E-state index in [0.29, 0.717) is 38.5 Å². The summed E-state index contributed by atoms with van der Waals surface area (Å²) in [6.07, 6.45) is 39.4. The number of carboxylic acids is 1. The molecule has 0 radical (unpaired) electrons. The molecule has 5 N–H and O–H groups in total. The number of hydrogen-bond acceptors (Lipinski definition) is 9. The van der Waals surface area contributed by atoms with Crippen LogP contribution in [0.3, 0.4) is 0 Å². The number of ketones is 3. The van der Waals surface area contributed by atoms with Gasteiger partial charge in [0.15, 0.2) is 22.1 Å². The lowest BCUT2D eigenvalue weighted by molar-refractivity contribution is -0.155. The monoisotopic (exact) mass is 924 g/mol. The Labute approximate surface area is 397 Å². The summed E-state index contributed by atoms with van der Waals surface area (Å²) in [7, 11) is 0.